The van der Waals surface area contributed by atoms with Crippen molar-refractivity contribution in [2.75, 3.05) is 10.6 Å². The normalized spacial score (nSPS) is 27.4. The highest BCUT2D eigenvalue weighted by atomic mass is 35.5. The zero-order valence-corrected chi connectivity index (χ0v) is 17.7. The summed E-state index contributed by atoms with van der Waals surface area (Å²) in [5.41, 5.74) is -0.660. The number of halogens is 4. The fourth-order valence-electron chi connectivity index (χ4n) is 5.32. The third-order valence-electron chi connectivity index (χ3n) is 6.72. The minimum absolute atomic E-state index is 0.0427. The summed E-state index contributed by atoms with van der Waals surface area (Å²) >= 11 is 5.95. The van der Waals surface area contributed by atoms with Gasteiger partial charge in [-0.05, 0) is 55.2 Å². The lowest BCUT2D eigenvalue weighted by molar-refractivity contribution is -0.145. The van der Waals surface area contributed by atoms with E-state index in [1.54, 1.807) is 12.1 Å². The topological polar surface area (TPSA) is 84.5 Å². The molecule has 3 fully saturated rings. The summed E-state index contributed by atoms with van der Waals surface area (Å²) in [7, 11) is 0. The second-order valence-electron chi connectivity index (χ2n) is 8.64. The molecular formula is C23H18ClF3N2O4. The largest absolute Gasteiger partial charge is 0.462 e. The van der Waals surface area contributed by atoms with Crippen LogP contribution in [0.3, 0.4) is 0 Å². The van der Waals surface area contributed by atoms with Gasteiger partial charge in [-0.2, -0.15) is 13.2 Å². The van der Waals surface area contributed by atoms with Crippen molar-refractivity contribution in [1.82, 2.24) is 0 Å². The quantitative estimate of drug-likeness (QED) is 0.621. The van der Waals surface area contributed by atoms with Gasteiger partial charge >= 0.3 is 12.1 Å². The van der Waals surface area contributed by atoms with Crippen molar-refractivity contribution in [3.8, 4) is 0 Å². The van der Waals surface area contributed by atoms with Crippen LogP contribution in [0, 0.1) is 23.7 Å². The number of anilines is 2. The Morgan fingerprint density at radius 3 is 2.61 bits per heavy atom. The Bertz CT molecular complexity index is 1170. The second kappa shape index (κ2) is 7.76. The molecule has 1 heterocycles. The van der Waals surface area contributed by atoms with Gasteiger partial charge in [-0.25, -0.2) is 0 Å². The van der Waals surface area contributed by atoms with Crippen molar-refractivity contribution in [3.05, 3.63) is 58.6 Å². The lowest BCUT2D eigenvalue weighted by Gasteiger charge is -2.23. The average Bonchev–Trinajstić information content (AvgIpc) is 3.37. The molecule has 2 N–H and O–H groups in total. The van der Waals surface area contributed by atoms with Gasteiger partial charge in [0.05, 0.1) is 28.1 Å². The molecule has 2 aromatic rings. The standard InChI is InChI=1S/C23H18ClF3N2O4/c24-15-5-4-12(23(25,26)27)9-16(15)29-20(30)10-2-1-3-13(6-10)28-21(31)18-11-7-14-17(8-11)33-22(32)19(14)18/h1-6,9,11,14,17-19H,7-8H2,(H,28,31)(H,29,30)/t11-,14-,17+,18-,19-/m0/s1. The number of ether oxygens (including phenoxy) is 1. The predicted molar refractivity (Wildman–Crippen MR) is 113 cm³/mol. The maximum Gasteiger partial charge on any atom is 0.416 e. The first-order chi connectivity index (χ1) is 15.6. The number of alkyl halides is 3. The van der Waals surface area contributed by atoms with E-state index in [1.165, 1.54) is 12.1 Å². The monoisotopic (exact) mass is 478 g/mol. The number of fused-ring (bicyclic) bond motifs is 1. The molecule has 2 bridgehead atoms. The van der Waals surface area contributed by atoms with Gasteiger partial charge < -0.3 is 15.4 Å². The summed E-state index contributed by atoms with van der Waals surface area (Å²) in [6.45, 7) is 0. The van der Waals surface area contributed by atoms with Gasteiger partial charge in [-0.1, -0.05) is 17.7 Å². The van der Waals surface area contributed by atoms with E-state index in [4.69, 9.17) is 16.3 Å². The first-order valence-electron chi connectivity index (χ1n) is 10.4. The lowest BCUT2D eigenvalue weighted by Crippen LogP contribution is -2.35. The van der Waals surface area contributed by atoms with Crippen LogP contribution in [0.15, 0.2) is 42.5 Å². The van der Waals surface area contributed by atoms with Crippen LogP contribution in [0.4, 0.5) is 24.5 Å². The van der Waals surface area contributed by atoms with E-state index in [1.807, 2.05) is 0 Å². The molecule has 2 amide bonds. The maximum atomic E-state index is 13.0. The zero-order chi connectivity index (χ0) is 23.5. The third-order valence-corrected chi connectivity index (χ3v) is 7.05. The summed E-state index contributed by atoms with van der Waals surface area (Å²) in [6.07, 6.45) is -3.18. The first-order valence-corrected chi connectivity index (χ1v) is 10.8. The van der Waals surface area contributed by atoms with E-state index in [0.29, 0.717) is 12.1 Å². The fourth-order valence-corrected chi connectivity index (χ4v) is 5.48. The summed E-state index contributed by atoms with van der Waals surface area (Å²) in [6, 6.07) is 8.65. The molecule has 172 valence electrons. The molecule has 5 atom stereocenters. The number of hydrogen-bond donors (Lipinski definition) is 2. The molecule has 5 rings (SSSR count). The maximum absolute atomic E-state index is 13.0. The van der Waals surface area contributed by atoms with Crippen LogP contribution in [0.1, 0.15) is 28.8 Å². The first kappa shape index (κ1) is 21.8. The van der Waals surface area contributed by atoms with Crippen LogP contribution >= 0.6 is 11.6 Å². The smallest absolute Gasteiger partial charge is 0.416 e. The Morgan fingerprint density at radius 1 is 1.06 bits per heavy atom. The molecule has 33 heavy (non-hydrogen) atoms. The number of rotatable bonds is 4. The zero-order valence-electron chi connectivity index (χ0n) is 17.0. The summed E-state index contributed by atoms with van der Waals surface area (Å²) in [5, 5.41) is 5.11. The van der Waals surface area contributed by atoms with Gasteiger partial charge in [0, 0.05) is 17.2 Å². The number of hydrogen-bond acceptors (Lipinski definition) is 4. The Hall–Kier alpha value is -3.07. The molecule has 2 aromatic carbocycles. The van der Waals surface area contributed by atoms with Gasteiger partial charge in [0.1, 0.15) is 6.10 Å². The Morgan fingerprint density at radius 2 is 1.85 bits per heavy atom. The molecule has 10 heteroatoms. The summed E-state index contributed by atoms with van der Waals surface area (Å²) in [5.74, 6) is -2.03. The molecule has 0 radical (unpaired) electrons. The van der Waals surface area contributed by atoms with E-state index >= 15 is 0 Å². The molecule has 6 nitrogen and oxygen atoms in total. The van der Waals surface area contributed by atoms with Crippen molar-refractivity contribution in [2.45, 2.75) is 25.1 Å². The van der Waals surface area contributed by atoms with E-state index in [0.717, 1.165) is 24.6 Å². The molecule has 0 unspecified atom stereocenters. The van der Waals surface area contributed by atoms with Gasteiger partial charge in [0.25, 0.3) is 5.91 Å². The number of carbonyl (C=O) groups excluding carboxylic acids is 3. The molecule has 0 aromatic heterocycles. The number of benzene rings is 2. The fraction of sp³-hybridized carbons (Fsp3) is 0.348. The van der Waals surface area contributed by atoms with Crippen molar-refractivity contribution in [3.63, 3.8) is 0 Å². The molecular weight excluding hydrogens is 461 g/mol. The van der Waals surface area contributed by atoms with Crippen molar-refractivity contribution >= 4 is 40.8 Å². The van der Waals surface area contributed by atoms with Crippen LogP contribution in [0.2, 0.25) is 5.02 Å². The highest BCUT2D eigenvalue weighted by Gasteiger charge is 2.63. The Kier molecular flexibility index (Phi) is 5.12. The van der Waals surface area contributed by atoms with Crippen molar-refractivity contribution < 1.29 is 32.3 Å². The van der Waals surface area contributed by atoms with Gasteiger partial charge in [-0.15, -0.1) is 0 Å². The number of amides is 2. The average molecular weight is 479 g/mol. The van der Waals surface area contributed by atoms with Crippen LogP contribution in [-0.4, -0.2) is 23.9 Å². The molecule has 0 spiro atoms. The summed E-state index contributed by atoms with van der Waals surface area (Å²) < 4.78 is 44.3. The van der Waals surface area contributed by atoms with Crippen molar-refractivity contribution in [1.29, 1.82) is 0 Å². The van der Waals surface area contributed by atoms with Gasteiger partial charge in [0.2, 0.25) is 5.91 Å². The molecule has 1 aliphatic heterocycles. The highest BCUT2D eigenvalue weighted by Crippen LogP contribution is 2.57. The predicted octanol–water partition coefficient (Wildman–Crippen LogP) is 4.75. The third kappa shape index (κ3) is 3.84. The number of nitrogens with one attached hydrogen (secondary N) is 2. The minimum atomic E-state index is -4.58. The van der Waals surface area contributed by atoms with Crippen LogP contribution in [0.25, 0.3) is 0 Å². The second-order valence-corrected chi connectivity index (χ2v) is 9.05. The molecule has 3 aliphatic rings. The van der Waals surface area contributed by atoms with E-state index in [9.17, 15) is 27.6 Å². The molecule has 2 saturated carbocycles. The van der Waals surface area contributed by atoms with E-state index in [-0.39, 0.29) is 46.1 Å². The van der Waals surface area contributed by atoms with Crippen LogP contribution in [-0.2, 0) is 20.5 Å². The highest BCUT2D eigenvalue weighted by molar-refractivity contribution is 6.34. The van der Waals surface area contributed by atoms with Crippen molar-refractivity contribution in [2.24, 2.45) is 23.7 Å². The Labute approximate surface area is 191 Å². The molecule has 2 aliphatic carbocycles. The van der Waals surface area contributed by atoms with Gasteiger partial charge in [-0.3, -0.25) is 14.4 Å². The van der Waals surface area contributed by atoms with E-state index < -0.39 is 29.5 Å². The van der Waals surface area contributed by atoms with Gasteiger partial charge in [0.15, 0.2) is 0 Å². The summed E-state index contributed by atoms with van der Waals surface area (Å²) in [4.78, 5) is 37.7. The van der Waals surface area contributed by atoms with Crippen LogP contribution in [0.5, 0.6) is 0 Å². The Balaban J connectivity index is 1.30. The SMILES string of the molecule is O=C(Nc1cc(C(F)(F)F)ccc1Cl)c1cccc(NC(=O)[C@H]2[C@H]3C[C@@H]4[C@@H]2C(=O)O[C@@H]4C3)c1. The number of carbonyl (C=O) groups is 3. The number of esters is 1. The molecule has 1 saturated heterocycles. The minimum Gasteiger partial charge on any atom is -0.462 e. The lowest BCUT2D eigenvalue weighted by atomic mass is 9.79. The van der Waals surface area contributed by atoms with Crippen LogP contribution < -0.4 is 10.6 Å². The van der Waals surface area contributed by atoms with E-state index in [2.05, 4.69) is 10.6 Å².